The minimum Gasteiger partial charge on any atom is -0.377 e. The van der Waals surface area contributed by atoms with E-state index in [2.05, 4.69) is 91.5 Å². The van der Waals surface area contributed by atoms with Crippen LogP contribution in [0.1, 0.15) is 12.0 Å². The SMILES string of the molecule is C=Cc1cccc([Si](CCC[Si](OC)(OC)OC)(c2ccccc2)c2ccccc2)c1. The predicted octanol–water partition coefficient (Wildman–Crippen LogP) is 4.07. The van der Waals surface area contributed by atoms with Crippen molar-refractivity contribution in [2.24, 2.45) is 0 Å². The Morgan fingerprint density at radius 3 is 1.68 bits per heavy atom. The lowest BCUT2D eigenvalue weighted by Gasteiger charge is -2.35. The van der Waals surface area contributed by atoms with Crippen LogP contribution >= 0.6 is 0 Å². The third-order valence-electron chi connectivity index (χ3n) is 6.12. The normalized spacial score (nSPS) is 12.0. The van der Waals surface area contributed by atoms with Crippen LogP contribution in [0.25, 0.3) is 6.08 Å². The van der Waals surface area contributed by atoms with Gasteiger partial charge in [0.1, 0.15) is 8.07 Å². The Morgan fingerprint density at radius 1 is 0.677 bits per heavy atom. The van der Waals surface area contributed by atoms with Gasteiger partial charge in [-0.1, -0.05) is 104 Å². The van der Waals surface area contributed by atoms with E-state index in [9.17, 15) is 0 Å². The molecule has 0 heterocycles. The highest BCUT2D eigenvalue weighted by atomic mass is 28.4. The van der Waals surface area contributed by atoms with Gasteiger partial charge in [-0.2, -0.15) is 0 Å². The van der Waals surface area contributed by atoms with Crippen molar-refractivity contribution in [2.45, 2.75) is 18.5 Å². The van der Waals surface area contributed by atoms with Crippen LogP contribution in [0.15, 0.2) is 91.5 Å². The molecule has 0 bridgehead atoms. The summed E-state index contributed by atoms with van der Waals surface area (Å²) in [4.78, 5) is 0. The van der Waals surface area contributed by atoms with Gasteiger partial charge in [-0.3, -0.25) is 0 Å². The summed E-state index contributed by atoms with van der Waals surface area (Å²) in [6.45, 7) is 4.00. The van der Waals surface area contributed by atoms with Gasteiger partial charge in [0.25, 0.3) is 0 Å². The Balaban J connectivity index is 2.14. The van der Waals surface area contributed by atoms with Gasteiger partial charge in [-0.05, 0) is 27.2 Å². The standard InChI is InChI=1S/C26H32O3Si2/c1-5-23-14-12-19-26(22-23)30(24-15-8-6-9-16-24,25-17-10-7-11-18-25)20-13-21-31(27-2,28-3)29-4/h5-12,14-19,22H,1,13,20-21H2,2-4H3. The van der Waals surface area contributed by atoms with E-state index in [0.29, 0.717) is 0 Å². The molecular formula is C26H32O3Si2. The van der Waals surface area contributed by atoms with Crippen LogP contribution in [0.5, 0.6) is 0 Å². The number of benzene rings is 3. The highest BCUT2D eigenvalue weighted by molar-refractivity contribution is 7.11. The summed E-state index contributed by atoms with van der Waals surface area (Å²) in [5, 5.41) is 4.20. The molecule has 0 saturated heterocycles. The molecule has 3 rings (SSSR count). The second-order valence-corrected chi connectivity index (χ2v) is 14.7. The van der Waals surface area contributed by atoms with Crippen molar-refractivity contribution >= 4 is 38.5 Å². The number of hydrogen-bond donors (Lipinski definition) is 0. The first-order valence-electron chi connectivity index (χ1n) is 10.6. The Hall–Kier alpha value is -2.29. The third-order valence-corrected chi connectivity index (χ3v) is 14.0. The topological polar surface area (TPSA) is 27.7 Å². The smallest absolute Gasteiger partial charge is 0.377 e. The Kier molecular flexibility index (Phi) is 8.17. The molecule has 0 atom stereocenters. The molecule has 0 fully saturated rings. The molecule has 0 amide bonds. The van der Waals surface area contributed by atoms with Crippen LogP contribution in [0.3, 0.4) is 0 Å². The summed E-state index contributed by atoms with van der Waals surface area (Å²) in [5.74, 6) is 0. The summed E-state index contributed by atoms with van der Waals surface area (Å²) >= 11 is 0. The van der Waals surface area contributed by atoms with E-state index in [-0.39, 0.29) is 0 Å². The van der Waals surface area contributed by atoms with E-state index in [0.717, 1.165) is 24.1 Å². The maximum Gasteiger partial charge on any atom is 0.500 e. The zero-order chi connectivity index (χ0) is 22.2. The van der Waals surface area contributed by atoms with E-state index < -0.39 is 16.9 Å². The predicted molar refractivity (Wildman–Crippen MR) is 135 cm³/mol. The molecule has 3 nitrogen and oxygen atoms in total. The monoisotopic (exact) mass is 448 g/mol. The van der Waals surface area contributed by atoms with Gasteiger partial charge in [0.05, 0.1) is 0 Å². The fraction of sp³-hybridized carbons (Fsp3) is 0.231. The zero-order valence-electron chi connectivity index (χ0n) is 18.7. The maximum absolute atomic E-state index is 5.70. The lowest BCUT2D eigenvalue weighted by molar-refractivity contribution is 0.123. The van der Waals surface area contributed by atoms with Crippen molar-refractivity contribution in [3.05, 3.63) is 97.1 Å². The first kappa shape index (κ1) is 23.4. The van der Waals surface area contributed by atoms with E-state index in [1.54, 1.807) is 21.3 Å². The second-order valence-electron chi connectivity index (χ2n) is 7.62. The van der Waals surface area contributed by atoms with Crippen LogP contribution in [0.4, 0.5) is 0 Å². The third kappa shape index (κ3) is 4.97. The van der Waals surface area contributed by atoms with Crippen LogP contribution in [-0.2, 0) is 13.3 Å². The van der Waals surface area contributed by atoms with Gasteiger partial charge >= 0.3 is 8.80 Å². The molecule has 31 heavy (non-hydrogen) atoms. The second kappa shape index (κ2) is 10.8. The molecule has 5 heteroatoms. The molecule has 3 aromatic carbocycles. The minimum absolute atomic E-state index is 0.784. The van der Waals surface area contributed by atoms with Crippen molar-refractivity contribution in [2.75, 3.05) is 21.3 Å². The minimum atomic E-state index is -2.63. The molecule has 0 unspecified atom stereocenters. The van der Waals surface area contributed by atoms with Gasteiger partial charge in [-0.25, -0.2) is 0 Å². The lowest BCUT2D eigenvalue weighted by atomic mass is 10.2. The molecular weight excluding hydrogens is 416 g/mol. The largest absolute Gasteiger partial charge is 0.500 e. The van der Waals surface area contributed by atoms with E-state index >= 15 is 0 Å². The molecule has 0 aliphatic rings. The lowest BCUT2D eigenvalue weighted by Crippen LogP contribution is -2.67. The first-order chi connectivity index (χ1) is 15.1. The average molecular weight is 449 g/mol. The van der Waals surface area contributed by atoms with Crippen LogP contribution in [0, 0.1) is 0 Å². The molecule has 0 aliphatic carbocycles. The van der Waals surface area contributed by atoms with Crippen molar-refractivity contribution in [1.29, 1.82) is 0 Å². The van der Waals surface area contributed by atoms with Gasteiger partial charge in [0, 0.05) is 27.4 Å². The summed E-state index contributed by atoms with van der Waals surface area (Å²) in [6, 6.07) is 32.6. The average Bonchev–Trinajstić information content (AvgIpc) is 2.86. The van der Waals surface area contributed by atoms with E-state index in [1.165, 1.54) is 15.6 Å². The summed E-state index contributed by atoms with van der Waals surface area (Å²) in [5.41, 5.74) is 1.15. The summed E-state index contributed by atoms with van der Waals surface area (Å²) < 4.78 is 17.1. The molecule has 0 aliphatic heterocycles. The number of rotatable bonds is 11. The summed E-state index contributed by atoms with van der Waals surface area (Å²) in [7, 11) is 0.126. The maximum atomic E-state index is 5.70. The van der Waals surface area contributed by atoms with Gasteiger partial charge in [0.2, 0.25) is 0 Å². The molecule has 0 N–H and O–H groups in total. The summed E-state index contributed by atoms with van der Waals surface area (Å²) in [6.07, 6.45) is 2.88. The molecule has 0 spiro atoms. The van der Waals surface area contributed by atoms with Crippen molar-refractivity contribution < 1.29 is 13.3 Å². The zero-order valence-corrected chi connectivity index (χ0v) is 20.7. The van der Waals surface area contributed by atoms with E-state index in [4.69, 9.17) is 13.3 Å². The Labute approximate surface area is 188 Å². The van der Waals surface area contributed by atoms with Crippen molar-refractivity contribution in [3.63, 3.8) is 0 Å². The fourth-order valence-electron chi connectivity index (χ4n) is 4.44. The van der Waals surface area contributed by atoms with Gasteiger partial charge in [-0.15, -0.1) is 0 Å². The van der Waals surface area contributed by atoms with Crippen molar-refractivity contribution in [3.8, 4) is 0 Å². The molecule has 0 radical (unpaired) electrons. The molecule has 0 saturated carbocycles. The first-order valence-corrected chi connectivity index (χ1v) is 14.8. The highest BCUT2D eigenvalue weighted by Gasteiger charge is 2.42. The van der Waals surface area contributed by atoms with Crippen LogP contribution in [-0.4, -0.2) is 38.2 Å². The fourth-order valence-corrected chi connectivity index (χ4v) is 11.4. The van der Waals surface area contributed by atoms with Crippen LogP contribution < -0.4 is 15.6 Å². The number of hydrogen-bond acceptors (Lipinski definition) is 3. The van der Waals surface area contributed by atoms with Gasteiger partial charge in [0.15, 0.2) is 0 Å². The quantitative estimate of drug-likeness (QED) is 0.327. The molecule has 3 aromatic rings. The Bertz CT molecular complexity index is 909. The van der Waals surface area contributed by atoms with E-state index in [1.807, 2.05) is 6.08 Å². The van der Waals surface area contributed by atoms with Crippen LogP contribution in [0.2, 0.25) is 12.1 Å². The Morgan fingerprint density at radius 2 is 1.19 bits per heavy atom. The van der Waals surface area contributed by atoms with Gasteiger partial charge < -0.3 is 13.3 Å². The highest BCUT2D eigenvalue weighted by Crippen LogP contribution is 2.22. The molecule has 162 valence electrons. The van der Waals surface area contributed by atoms with Crippen molar-refractivity contribution in [1.82, 2.24) is 0 Å². The molecule has 0 aromatic heterocycles.